The number of amides is 1. The highest BCUT2D eigenvalue weighted by Crippen LogP contribution is 2.44. The molecule has 0 fully saturated rings. The molecule has 1 amide bonds. The van der Waals surface area contributed by atoms with Gasteiger partial charge in [0.1, 0.15) is 5.58 Å². The average molecular weight is 541 g/mol. The molecule has 5 rings (SSSR count). The maximum Gasteiger partial charge on any atom is 0.291 e. The first kappa shape index (κ1) is 22.5. The lowest BCUT2D eigenvalue weighted by Gasteiger charge is -2.26. The van der Waals surface area contributed by atoms with Crippen molar-refractivity contribution >= 4 is 44.4 Å². The highest BCUT2D eigenvalue weighted by molar-refractivity contribution is 9.10. The summed E-state index contributed by atoms with van der Waals surface area (Å²) in [5, 5.41) is 11.0. The van der Waals surface area contributed by atoms with Crippen molar-refractivity contribution in [2.24, 2.45) is 0 Å². The number of hydrogen-bond donors (Lipinski definition) is 1. The number of fused-ring (bicyclic) bond motifs is 2. The zero-order valence-corrected chi connectivity index (χ0v) is 20.6. The number of phenols is 1. The van der Waals surface area contributed by atoms with E-state index in [2.05, 4.69) is 15.9 Å². The second-order valence-electron chi connectivity index (χ2n) is 8.19. The molecular formula is C26H19BrClNO5. The fraction of sp³-hybridized carbons (Fsp3) is 0.154. The standard InChI is InChI=1S/C26H19BrClNO5/c1-13-3-5-14(6-4-13)12-29-22(15-9-18(27)24(31)20(10-15)33-2)21-23(30)17-11-16(28)7-8-19(17)34-25(21)26(29)32/h3-11,22,31H,12H2,1-2H3/t22-/m1/s1. The second-order valence-corrected chi connectivity index (χ2v) is 9.48. The van der Waals surface area contributed by atoms with Crippen LogP contribution in [-0.2, 0) is 6.54 Å². The van der Waals surface area contributed by atoms with Crippen LogP contribution < -0.4 is 10.2 Å². The molecular weight excluding hydrogens is 522 g/mol. The van der Waals surface area contributed by atoms with E-state index in [9.17, 15) is 14.7 Å². The van der Waals surface area contributed by atoms with Crippen molar-refractivity contribution in [3.63, 3.8) is 0 Å². The number of aromatic hydroxyl groups is 1. The molecule has 0 spiro atoms. The normalized spacial score (nSPS) is 15.1. The van der Waals surface area contributed by atoms with Gasteiger partial charge in [-0.2, -0.15) is 0 Å². The number of phenolic OH excluding ortho intramolecular Hbond substituents is 1. The van der Waals surface area contributed by atoms with Gasteiger partial charge in [0.25, 0.3) is 5.91 Å². The minimum Gasteiger partial charge on any atom is -0.503 e. The van der Waals surface area contributed by atoms with E-state index in [0.29, 0.717) is 26.0 Å². The summed E-state index contributed by atoms with van der Waals surface area (Å²) in [7, 11) is 1.44. The van der Waals surface area contributed by atoms with E-state index in [-0.39, 0.29) is 34.8 Å². The molecule has 8 heteroatoms. The first-order chi connectivity index (χ1) is 16.3. The first-order valence-electron chi connectivity index (χ1n) is 10.5. The maximum absolute atomic E-state index is 13.7. The van der Waals surface area contributed by atoms with Gasteiger partial charge in [-0.1, -0.05) is 41.4 Å². The summed E-state index contributed by atoms with van der Waals surface area (Å²) in [6, 6.07) is 15.1. The number of nitrogens with zero attached hydrogens (tertiary/aromatic N) is 1. The van der Waals surface area contributed by atoms with Crippen molar-refractivity contribution < 1.29 is 19.1 Å². The van der Waals surface area contributed by atoms with Gasteiger partial charge in [0.2, 0.25) is 5.76 Å². The third-order valence-corrected chi connectivity index (χ3v) is 6.83. The molecule has 0 bridgehead atoms. The molecule has 1 aliphatic rings. The Labute approximate surface area is 208 Å². The summed E-state index contributed by atoms with van der Waals surface area (Å²) in [5.74, 6) is -0.246. The fourth-order valence-corrected chi connectivity index (χ4v) is 4.93. The Morgan fingerprint density at radius 2 is 1.85 bits per heavy atom. The number of carbonyl (C=O) groups excluding carboxylic acids is 1. The van der Waals surface area contributed by atoms with Crippen LogP contribution in [0.3, 0.4) is 0 Å². The van der Waals surface area contributed by atoms with Crippen molar-refractivity contribution in [3.8, 4) is 11.5 Å². The number of hydrogen-bond acceptors (Lipinski definition) is 5. The fourth-order valence-electron chi connectivity index (χ4n) is 4.30. The molecule has 6 nitrogen and oxygen atoms in total. The van der Waals surface area contributed by atoms with Gasteiger partial charge in [-0.3, -0.25) is 9.59 Å². The molecule has 0 saturated carbocycles. The molecule has 4 aromatic rings. The second kappa shape index (κ2) is 8.49. The average Bonchev–Trinajstić information content (AvgIpc) is 3.09. The van der Waals surface area contributed by atoms with E-state index in [0.717, 1.165) is 11.1 Å². The predicted molar refractivity (Wildman–Crippen MR) is 133 cm³/mol. The number of ether oxygens (including phenoxy) is 1. The van der Waals surface area contributed by atoms with Crippen LogP contribution in [0.15, 0.2) is 68.3 Å². The molecule has 2 heterocycles. The number of rotatable bonds is 4. The third kappa shape index (κ3) is 3.65. The Hall–Kier alpha value is -3.29. The third-order valence-electron chi connectivity index (χ3n) is 5.99. The van der Waals surface area contributed by atoms with Crippen molar-refractivity contribution in [2.75, 3.05) is 7.11 Å². The maximum atomic E-state index is 13.7. The van der Waals surface area contributed by atoms with Crippen molar-refractivity contribution in [3.05, 3.63) is 102 Å². The van der Waals surface area contributed by atoms with Crippen LogP contribution in [0.2, 0.25) is 5.02 Å². The van der Waals surface area contributed by atoms with E-state index in [1.54, 1.807) is 35.2 Å². The van der Waals surface area contributed by atoms with Crippen molar-refractivity contribution in [2.45, 2.75) is 19.5 Å². The summed E-state index contributed by atoms with van der Waals surface area (Å²) in [4.78, 5) is 28.9. The van der Waals surface area contributed by atoms with Gasteiger partial charge in [-0.15, -0.1) is 0 Å². The topological polar surface area (TPSA) is 80.0 Å². The molecule has 0 radical (unpaired) electrons. The summed E-state index contributed by atoms with van der Waals surface area (Å²) in [5.41, 5.74) is 2.79. The summed E-state index contributed by atoms with van der Waals surface area (Å²) < 4.78 is 11.7. The Morgan fingerprint density at radius 1 is 1.12 bits per heavy atom. The van der Waals surface area contributed by atoms with Crippen LogP contribution in [-0.4, -0.2) is 23.0 Å². The van der Waals surface area contributed by atoms with Crippen LogP contribution in [0.5, 0.6) is 11.5 Å². The summed E-state index contributed by atoms with van der Waals surface area (Å²) in [6.45, 7) is 2.24. The highest BCUT2D eigenvalue weighted by Gasteiger charge is 2.43. The Kier molecular flexibility index (Phi) is 5.62. The zero-order chi connectivity index (χ0) is 24.1. The van der Waals surface area contributed by atoms with E-state index in [4.69, 9.17) is 20.8 Å². The van der Waals surface area contributed by atoms with Crippen LogP contribution in [0.4, 0.5) is 0 Å². The van der Waals surface area contributed by atoms with Crippen LogP contribution >= 0.6 is 27.5 Å². The summed E-state index contributed by atoms with van der Waals surface area (Å²) in [6.07, 6.45) is 0. The number of halogens is 2. The van der Waals surface area contributed by atoms with Gasteiger partial charge >= 0.3 is 0 Å². The van der Waals surface area contributed by atoms with Gasteiger partial charge in [0, 0.05) is 11.6 Å². The Balaban J connectivity index is 1.76. The monoisotopic (exact) mass is 539 g/mol. The summed E-state index contributed by atoms with van der Waals surface area (Å²) >= 11 is 9.49. The van der Waals surface area contributed by atoms with Crippen LogP contribution in [0, 0.1) is 6.92 Å². The van der Waals surface area contributed by atoms with E-state index in [1.165, 1.54) is 7.11 Å². The van der Waals surface area contributed by atoms with E-state index >= 15 is 0 Å². The quantitative estimate of drug-likeness (QED) is 0.345. The first-order valence-corrected chi connectivity index (χ1v) is 11.6. The number of aryl methyl sites for hydroxylation is 1. The number of methoxy groups -OCH3 is 1. The SMILES string of the molecule is COc1cc([C@@H]2c3c(oc4ccc(Cl)cc4c3=O)C(=O)N2Cc2ccc(C)cc2)cc(Br)c1O. The zero-order valence-electron chi connectivity index (χ0n) is 18.3. The lowest BCUT2D eigenvalue weighted by atomic mass is 9.97. The molecule has 34 heavy (non-hydrogen) atoms. The van der Waals surface area contributed by atoms with Crippen LogP contribution in [0.1, 0.15) is 38.9 Å². The van der Waals surface area contributed by atoms with Gasteiger partial charge in [-0.05, 0) is 64.3 Å². The van der Waals surface area contributed by atoms with E-state index < -0.39 is 11.9 Å². The highest BCUT2D eigenvalue weighted by atomic mass is 79.9. The van der Waals surface area contributed by atoms with Gasteiger partial charge in [-0.25, -0.2) is 0 Å². The van der Waals surface area contributed by atoms with Gasteiger partial charge in [0.15, 0.2) is 16.9 Å². The number of carbonyl (C=O) groups is 1. The molecule has 0 saturated heterocycles. The molecule has 1 aliphatic heterocycles. The Morgan fingerprint density at radius 3 is 2.56 bits per heavy atom. The van der Waals surface area contributed by atoms with Crippen molar-refractivity contribution in [1.29, 1.82) is 0 Å². The Bertz CT molecular complexity index is 1510. The molecule has 1 aromatic heterocycles. The van der Waals surface area contributed by atoms with E-state index in [1.807, 2.05) is 31.2 Å². The van der Waals surface area contributed by atoms with Gasteiger partial charge < -0.3 is 19.2 Å². The molecule has 172 valence electrons. The molecule has 3 aromatic carbocycles. The molecule has 0 aliphatic carbocycles. The minimum absolute atomic E-state index is 0.0000911. The molecule has 1 atom stereocenters. The smallest absolute Gasteiger partial charge is 0.291 e. The lowest BCUT2D eigenvalue weighted by Crippen LogP contribution is -2.29. The molecule has 1 N–H and O–H groups in total. The minimum atomic E-state index is -0.755. The predicted octanol–water partition coefficient (Wildman–Crippen LogP) is 5.98. The van der Waals surface area contributed by atoms with Gasteiger partial charge in [0.05, 0.1) is 28.6 Å². The largest absolute Gasteiger partial charge is 0.503 e. The van der Waals surface area contributed by atoms with Crippen LogP contribution in [0.25, 0.3) is 11.0 Å². The molecule has 0 unspecified atom stereocenters. The van der Waals surface area contributed by atoms with Crippen molar-refractivity contribution in [1.82, 2.24) is 4.90 Å². The lowest BCUT2D eigenvalue weighted by molar-refractivity contribution is 0.0714. The number of benzene rings is 3.